The molecule has 3 amide bonds. The number of para-hydroxylation sites is 1. The molecule has 186 valence electrons. The highest BCUT2D eigenvalue weighted by atomic mass is 35.5. The van der Waals surface area contributed by atoms with Gasteiger partial charge in [0.05, 0.1) is 16.3 Å². The molecule has 0 fully saturated rings. The second-order valence-corrected chi connectivity index (χ2v) is 8.78. The number of aryl methyl sites for hydroxylation is 1. The maximum atomic E-state index is 12.7. The Morgan fingerprint density at radius 1 is 1.03 bits per heavy atom. The predicted octanol–water partition coefficient (Wildman–Crippen LogP) is 4.21. The number of amides is 3. The Labute approximate surface area is 216 Å². The lowest BCUT2D eigenvalue weighted by Gasteiger charge is -2.13. The molecule has 1 aliphatic rings. The van der Waals surface area contributed by atoms with Crippen LogP contribution in [0.15, 0.2) is 58.0 Å². The molecule has 0 unspecified atom stereocenters. The molecular weight excluding hydrogens is 507 g/mol. The minimum Gasteiger partial charge on any atom is -0.484 e. The zero-order valence-electron chi connectivity index (χ0n) is 19.2. The molecule has 0 aliphatic heterocycles. The number of hydrogen-bond donors (Lipinski definition) is 3. The summed E-state index contributed by atoms with van der Waals surface area (Å²) < 4.78 is 11.1. The van der Waals surface area contributed by atoms with Crippen molar-refractivity contribution in [2.24, 2.45) is 5.10 Å². The van der Waals surface area contributed by atoms with Gasteiger partial charge in [0.15, 0.2) is 12.4 Å². The summed E-state index contributed by atoms with van der Waals surface area (Å²) in [6, 6.07) is 13.4. The SMILES string of the molecule is Cc1c(C(=O)NNC(=O)COc2ccccc2)oc2c1/C(=N/NC(=O)c1ccc(Cl)cc1Cl)CCC2. The summed E-state index contributed by atoms with van der Waals surface area (Å²) in [6.07, 6.45) is 1.91. The van der Waals surface area contributed by atoms with Gasteiger partial charge in [-0.15, -0.1) is 0 Å². The first-order chi connectivity index (χ1) is 17.3. The molecule has 3 N–H and O–H groups in total. The standard InChI is InChI=1S/C25H22Cl2N4O5/c1-14-22-19(28-30-24(33)17-11-10-15(26)12-18(17)27)8-5-9-20(22)36-23(14)25(34)31-29-21(32)13-35-16-6-3-2-4-7-16/h2-4,6-7,10-12H,5,8-9,13H2,1H3,(H,29,32)(H,30,33)(H,31,34)/b28-19+. The van der Waals surface area contributed by atoms with E-state index in [-0.39, 0.29) is 23.0 Å². The molecule has 36 heavy (non-hydrogen) atoms. The van der Waals surface area contributed by atoms with E-state index in [0.717, 1.165) is 6.42 Å². The van der Waals surface area contributed by atoms with Crippen molar-refractivity contribution in [3.05, 3.63) is 86.8 Å². The fourth-order valence-corrected chi connectivity index (χ4v) is 4.23. The minimum absolute atomic E-state index is 0.0472. The summed E-state index contributed by atoms with van der Waals surface area (Å²) in [5, 5.41) is 4.90. The zero-order chi connectivity index (χ0) is 25.7. The topological polar surface area (TPSA) is 122 Å². The number of carbonyl (C=O) groups is 3. The van der Waals surface area contributed by atoms with E-state index >= 15 is 0 Å². The van der Waals surface area contributed by atoms with Crippen LogP contribution in [-0.4, -0.2) is 30.0 Å². The number of carbonyl (C=O) groups excluding carboxylic acids is 3. The molecule has 1 aromatic heterocycles. The Bertz CT molecular complexity index is 1340. The molecule has 1 heterocycles. The lowest BCUT2D eigenvalue weighted by atomic mass is 9.93. The van der Waals surface area contributed by atoms with Gasteiger partial charge < -0.3 is 9.15 Å². The van der Waals surface area contributed by atoms with Crippen molar-refractivity contribution < 1.29 is 23.5 Å². The van der Waals surface area contributed by atoms with E-state index in [2.05, 4.69) is 21.4 Å². The first-order valence-electron chi connectivity index (χ1n) is 11.0. The Morgan fingerprint density at radius 3 is 2.56 bits per heavy atom. The molecule has 1 aliphatic carbocycles. The zero-order valence-corrected chi connectivity index (χ0v) is 20.7. The first kappa shape index (κ1) is 25.3. The van der Waals surface area contributed by atoms with Crippen LogP contribution in [-0.2, 0) is 11.2 Å². The van der Waals surface area contributed by atoms with Crippen LogP contribution < -0.4 is 21.0 Å². The van der Waals surface area contributed by atoms with Crippen molar-refractivity contribution in [2.75, 3.05) is 6.61 Å². The number of rotatable bonds is 6. The highest BCUT2D eigenvalue weighted by molar-refractivity contribution is 6.36. The lowest BCUT2D eigenvalue weighted by molar-refractivity contribution is -0.123. The Kier molecular flexibility index (Phi) is 7.92. The molecule has 11 heteroatoms. The lowest BCUT2D eigenvalue weighted by Crippen LogP contribution is -2.43. The Hall–Kier alpha value is -3.82. The Morgan fingerprint density at radius 2 is 1.81 bits per heavy atom. The van der Waals surface area contributed by atoms with Gasteiger partial charge in [0, 0.05) is 22.6 Å². The fourth-order valence-electron chi connectivity index (χ4n) is 3.73. The molecule has 0 spiro atoms. The van der Waals surface area contributed by atoms with Crippen LogP contribution in [0.3, 0.4) is 0 Å². The normalized spacial score (nSPS) is 13.6. The van der Waals surface area contributed by atoms with Crippen molar-refractivity contribution in [1.29, 1.82) is 0 Å². The van der Waals surface area contributed by atoms with Crippen LogP contribution in [0, 0.1) is 6.92 Å². The smallest absolute Gasteiger partial charge is 0.305 e. The summed E-state index contributed by atoms with van der Waals surface area (Å²) in [5.41, 5.74) is 9.17. The second kappa shape index (κ2) is 11.3. The maximum Gasteiger partial charge on any atom is 0.305 e. The highest BCUT2D eigenvalue weighted by Crippen LogP contribution is 2.30. The molecule has 0 atom stereocenters. The third kappa shape index (κ3) is 5.87. The van der Waals surface area contributed by atoms with Crippen molar-refractivity contribution in [3.63, 3.8) is 0 Å². The van der Waals surface area contributed by atoms with Crippen LogP contribution in [0.4, 0.5) is 0 Å². The molecule has 0 radical (unpaired) electrons. The van der Waals surface area contributed by atoms with Gasteiger partial charge in [-0.05, 0) is 50.1 Å². The molecule has 3 aromatic rings. The van der Waals surface area contributed by atoms with Gasteiger partial charge in [-0.3, -0.25) is 25.2 Å². The molecule has 0 bridgehead atoms. The number of furan rings is 1. The van der Waals surface area contributed by atoms with E-state index in [1.54, 1.807) is 37.3 Å². The van der Waals surface area contributed by atoms with Gasteiger partial charge >= 0.3 is 5.91 Å². The second-order valence-electron chi connectivity index (χ2n) is 7.94. The number of fused-ring (bicyclic) bond motifs is 1. The minimum atomic E-state index is -0.619. The maximum absolute atomic E-state index is 12.7. The van der Waals surface area contributed by atoms with Crippen LogP contribution in [0.5, 0.6) is 5.75 Å². The number of ether oxygens (including phenoxy) is 1. The highest BCUT2D eigenvalue weighted by Gasteiger charge is 2.28. The van der Waals surface area contributed by atoms with Crippen molar-refractivity contribution in [3.8, 4) is 5.75 Å². The fraction of sp³-hybridized carbons (Fsp3) is 0.200. The van der Waals surface area contributed by atoms with Crippen LogP contribution in [0.2, 0.25) is 10.0 Å². The molecule has 9 nitrogen and oxygen atoms in total. The third-order valence-electron chi connectivity index (χ3n) is 5.43. The monoisotopic (exact) mass is 528 g/mol. The third-order valence-corrected chi connectivity index (χ3v) is 5.98. The van der Waals surface area contributed by atoms with Gasteiger partial charge in [-0.2, -0.15) is 5.10 Å². The number of nitrogens with one attached hydrogen (secondary N) is 3. The van der Waals surface area contributed by atoms with Gasteiger partial charge in [0.2, 0.25) is 0 Å². The van der Waals surface area contributed by atoms with E-state index in [1.165, 1.54) is 12.1 Å². The number of halogens is 2. The van der Waals surface area contributed by atoms with Gasteiger partial charge in [0.25, 0.3) is 11.8 Å². The van der Waals surface area contributed by atoms with Crippen LogP contribution in [0.25, 0.3) is 0 Å². The number of hydrazine groups is 1. The molecule has 0 saturated carbocycles. The summed E-state index contributed by atoms with van der Waals surface area (Å²) in [6.45, 7) is 1.45. The average Bonchev–Trinajstić information content (AvgIpc) is 3.22. The van der Waals surface area contributed by atoms with Gasteiger partial charge in [0.1, 0.15) is 11.5 Å². The summed E-state index contributed by atoms with van der Waals surface area (Å²) in [7, 11) is 0. The predicted molar refractivity (Wildman–Crippen MR) is 134 cm³/mol. The molecule has 4 rings (SSSR count). The average molecular weight is 529 g/mol. The summed E-state index contributed by atoms with van der Waals surface area (Å²) >= 11 is 12.0. The first-order valence-corrected chi connectivity index (χ1v) is 11.8. The van der Waals surface area contributed by atoms with E-state index < -0.39 is 17.7 Å². The molecule has 2 aromatic carbocycles. The number of nitrogens with zero attached hydrogens (tertiary/aromatic N) is 1. The Balaban J connectivity index is 1.41. The number of benzene rings is 2. The number of hydrazone groups is 1. The summed E-state index contributed by atoms with van der Waals surface area (Å²) in [4.78, 5) is 37.3. The van der Waals surface area contributed by atoms with Gasteiger partial charge in [-0.25, -0.2) is 5.43 Å². The molecule has 0 saturated heterocycles. The van der Waals surface area contributed by atoms with E-state index in [1.807, 2.05) is 6.07 Å². The van der Waals surface area contributed by atoms with E-state index in [9.17, 15) is 14.4 Å². The van der Waals surface area contributed by atoms with Crippen molar-refractivity contribution >= 4 is 46.6 Å². The van der Waals surface area contributed by atoms with Crippen LogP contribution in [0.1, 0.15) is 50.6 Å². The van der Waals surface area contributed by atoms with E-state index in [0.29, 0.717) is 46.2 Å². The van der Waals surface area contributed by atoms with Gasteiger partial charge in [-0.1, -0.05) is 41.4 Å². The largest absolute Gasteiger partial charge is 0.484 e. The quantitative estimate of drug-likeness (QED) is 0.413. The van der Waals surface area contributed by atoms with E-state index in [4.69, 9.17) is 32.4 Å². The number of hydrogen-bond acceptors (Lipinski definition) is 6. The van der Waals surface area contributed by atoms with Crippen molar-refractivity contribution in [2.45, 2.75) is 26.2 Å². The molecular formula is C25H22Cl2N4O5. The summed E-state index contributed by atoms with van der Waals surface area (Å²) in [5.74, 6) is -0.481. The van der Waals surface area contributed by atoms with Crippen LogP contribution >= 0.6 is 23.2 Å². The van der Waals surface area contributed by atoms with Crippen molar-refractivity contribution in [1.82, 2.24) is 16.3 Å².